The topological polar surface area (TPSA) is 101 Å². The lowest BCUT2D eigenvalue weighted by Crippen LogP contribution is -2.40. The zero-order chi connectivity index (χ0) is 14.3. The van der Waals surface area contributed by atoms with Crippen molar-refractivity contribution < 1.29 is 9.59 Å². The minimum Gasteiger partial charge on any atom is -0.396 e. The van der Waals surface area contributed by atoms with E-state index in [0.717, 1.165) is 0 Å². The van der Waals surface area contributed by atoms with Gasteiger partial charge < -0.3 is 16.0 Å². The highest BCUT2D eigenvalue weighted by Gasteiger charge is 2.31. The van der Waals surface area contributed by atoms with Crippen molar-refractivity contribution in [3.63, 3.8) is 0 Å². The van der Waals surface area contributed by atoms with E-state index in [1.54, 1.807) is 18.1 Å². The molecule has 7 nitrogen and oxygen atoms in total. The van der Waals surface area contributed by atoms with Crippen LogP contribution in [-0.2, 0) is 4.79 Å². The Morgan fingerprint density at radius 2 is 2.25 bits per heavy atom. The first-order valence-corrected chi connectivity index (χ1v) is 6.94. The number of likely N-dealkylation sites (N-methyl/N-ethyl adjacent to an activating group) is 1. The molecule has 1 atom stereocenters. The molecule has 0 saturated carbocycles. The molecule has 1 aliphatic heterocycles. The smallest absolute Gasteiger partial charge is 0.264 e. The second-order valence-electron chi connectivity index (χ2n) is 4.63. The van der Waals surface area contributed by atoms with E-state index in [0.29, 0.717) is 33.9 Å². The first kappa shape index (κ1) is 12.8. The van der Waals surface area contributed by atoms with Gasteiger partial charge in [0, 0.05) is 26.0 Å². The quantitative estimate of drug-likeness (QED) is 0.825. The highest BCUT2D eigenvalue weighted by molar-refractivity contribution is 7.21. The molecule has 20 heavy (non-hydrogen) atoms. The molecule has 0 radical (unpaired) electrons. The molecule has 1 unspecified atom stereocenters. The lowest BCUT2D eigenvalue weighted by molar-refractivity contribution is -0.128. The van der Waals surface area contributed by atoms with Crippen molar-refractivity contribution in [1.29, 1.82) is 0 Å². The van der Waals surface area contributed by atoms with Gasteiger partial charge in [-0.2, -0.15) is 0 Å². The van der Waals surface area contributed by atoms with Gasteiger partial charge in [0.1, 0.15) is 21.3 Å². The van der Waals surface area contributed by atoms with Gasteiger partial charge in [0.2, 0.25) is 5.91 Å². The average molecular weight is 291 g/mol. The lowest BCUT2D eigenvalue weighted by Gasteiger charge is -2.11. The van der Waals surface area contributed by atoms with Crippen molar-refractivity contribution in [2.45, 2.75) is 12.5 Å². The number of carbonyl (C=O) groups is 2. The van der Waals surface area contributed by atoms with E-state index in [2.05, 4.69) is 15.3 Å². The van der Waals surface area contributed by atoms with Crippen molar-refractivity contribution in [2.75, 3.05) is 19.3 Å². The number of hydrogen-bond acceptors (Lipinski definition) is 6. The molecule has 1 saturated heterocycles. The van der Waals surface area contributed by atoms with Crippen LogP contribution >= 0.6 is 11.3 Å². The highest BCUT2D eigenvalue weighted by atomic mass is 32.1. The number of hydrogen-bond donors (Lipinski definition) is 2. The van der Waals surface area contributed by atoms with E-state index in [1.807, 2.05) is 0 Å². The van der Waals surface area contributed by atoms with Gasteiger partial charge in [-0.15, -0.1) is 11.3 Å². The van der Waals surface area contributed by atoms with Crippen molar-refractivity contribution in [1.82, 2.24) is 20.2 Å². The molecule has 2 aromatic heterocycles. The molecule has 3 rings (SSSR count). The maximum absolute atomic E-state index is 12.2. The zero-order valence-corrected chi connectivity index (χ0v) is 11.6. The third kappa shape index (κ3) is 1.97. The minimum atomic E-state index is -0.474. The van der Waals surface area contributed by atoms with Crippen LogP contribution in [0.3, 0.4) is 0 Å². The number of carbonyl (C=O) groups excluding carboxylic acids is 2. The number of aromatic nitrogens is 2. The average Bonchev–Trinajstić information content (AvgIpc) is 2.94. The third-order valence-corrected chi connectivity index (χ3v) is 4.40. The maximum atomic E-state index is 12.2. The number of nitrogens with two attached hydrogens (primary N) is 1. The number of nitrogen functional groups attached to an aromatic ring is 1. The molecule has 3 N–H and O–H groups in total. The van der Waals surface area contributed by atoms with Crippen LogP contribution in [-0.4, -0.2) is 46.3 Å². The van der Waals surface area contributed by atoms with E-state index in [1.165, 1.54) is 17.5 Å². The standard InChI is InChI=1S/C12H13N5O2S/c1-17-5-2-6(12(17)19)16-10(18)9-7(13)8-11(20-9)15-4-3-14-8/h3-4,6H,2,5,13H2,1H3,(H,16,18). The first-order valence-electron chi connectivity index (χ1n) is 6.12. The molecule has 104 valence electrons. The first-order chi connectivity index (χ1) is 9.58. The van der Waals surface area contributed by atoms with E-state index < -0.39 is 6.04 Å². The van der Waals surface area contributed by atoms with Crippen LogP contribution in [0.1, 0.15) is 16.1 Å². The second kappa shape index (κ2) is 4.71. The van der Waals surface area contributed by atoms with Gasteiger partial charge >= 0.3 is 0 Å². The van der Waals surface area contributed by atoms with Crippen molar-refractivity contribution in [3.8, 4) is 0 Å². The van der Waals surface area contributed by atoms with Crippen molar-refractivity contribution >= 4 is 39.2 Å². The van der Waals surface area contributed by atoms with Crippen LogP contribution in [0.25, 0.3) is 10.3 Å². The molecule has 8 heteroatoms. The van der Waals surface area contributed by atoms with E-state index >= 15 is 0 Å². The Bertz CT molecular complexity index is 698. The molecule has 2 aromatic rings. The van der Waals surface area contributed by atoms with Crippen LogP contribution in [0.5, 0.6) is 0 Å². The molecule has 0 aromatic carbocycles. The SMILES string of the molecule is CN1CCC(NC(=O)c2sc3nccnc3c2N)C1=O. The molecule has 1 fully saturated rings. The van der Waals surface area contributed by atoms with E-state index in [-0.39, 0.29) is 11.8 Å². The van der Waals surface area contributed by atoms with Crippen molar-refractivity contribution in [3.05, 3.63) is 17.3 Å². The Balaban J connectivity index is 1.86. The summed E-state index contributed by atoms with van der Waals surface area (Å²) >= 11 is 1.18. The third-order valence-electron chi connectivity index (χ3n) is 3.30. The lowest BCUT2D eigenvalue weighted by atomic mass is 10.2. The summed E-state index contributed by atoms with van der Waals surface area (Å²) < 4.78 is 0. The Hall–Kier alpha value is -2.22. The number of nitrogens with one attached hydrogen (secondary N) is 1. The van der Waals surface area contributed by atoms with Gasteiger partial charge in [-0.25, -0.2) is 9.97 Å². The summed E-state index contributed by atoms with van der Waals surface area (Å²) in [4.78, 5) is 34.8. The van der Waals surface area contributed by atoms with Gasteiger partial charge in [-0.1, -0.05) is 0 Å². The van der Waals surface area contributed by atoms with Gasteiger partial charge in [-0.05, 0) is 6.42 Å². The summed E-state index contributed by atoms with van der Waals surface area (Å²) in [5, 5.41) is 2.72. The number of amides is 2. The number of fused-ring (bicyclic) bond motifs is 1. The van der Waals surface area contributed by atoms with Crippen LogP contribution in [0.2, 0.25) is 0 Å². The van der Waals surface area contributed by atoms with Crippen LogP contribution in [0.15, 0.2) is 12.4 Å². The van der Waals surface area contributed by atoms with Gasteiger partial charge in [0.25, 0.3) is 5.91 Å². The molecular weight excluding hydrogens is 278 g/mol. The maximum Gasteiger partial charge on any atom is 0.264 e. The fraction of sp³-hybridized carbons (Fsp3) is 0.333. The molecule has 0 aliphatic carbocycles. The number of likely N-dealkylation sites (tertiary alicyclic amines) is 1. The summed E-state index contributed by atoms with van der Waals surface area (Å²) in [5.74, 6) is -0.421. The number of rotatable bonds is 2. The summed E-state index contributed by atoms with van der Waals surface area (Å²) in [5.41, 5.74) is 6.77. The molecule has 0 bridgehead atoms. The fourth-order valence-electron chi connectivity index (χ4n) is 2.19. The van der Waals surface area contributed by atoms with Gasteiger partial charge in [-0.3, -0.25) is 9.59 Å². The Kier molecular flexibility index (Phi) is 3.01. The van der Waals surface area contributed by atoms with E-state index in [4.69, 9.17) is 5.73 Å². The number of nitrogens with zero attached hydrogens (tertiary/aromatic N) is 3. The molecule has 3 heterocycles. The highest BCUT2D eigenvalue weighted by Crippen LogP contribution is 2.30. The normalized spacial score (nSPS) is 18.8. The molecule has 1 aliphatic rings. The van der Waals surface area contributed by atoms with Gasteiger partial charge in [0.05, 0.1) is 5.69 Å². The summed E-state index contributed by atoms with van der Waals surface area (Å²) in [7, 11) is 1.72. The zero-order valence-electron chi connectivity index (χ0n) is 10.8. The molecule has 0 spiro atoms. The van der Waals surface area contributed by atoms with Crippen LogP contribution in [0, 0.1) is 0 Å². The Morgan fingerprint density at radius 1 is 1.50 bits per heavy atom. The fourth-order valence-corrected chi connectivity index (χ4v) is 3.12. The predicted octanol–water partition coefficient (Wildman–Crippen LogP) is 0.234. The monoisotopic (exact) mass is 291 g/mol. The van der Waals surface area contributed by atoms with E-state index in [9.17, 15) is 9.59 Å². The molecular formula is C12H13N5O2S. The predicted molar refractivity (Wildman–Crippen MR) is 75.3 cm³/mol. The summed E-state index contributed by atoms with van der Waals surface area (Å²) in [6.07, 6.45) is 3.69. The largest absolute Gasteiger partial charge is 0.396 e. The number of thiophene rings is 1. The Labute approximate surface area is 118 Å². The number of anilines is 1. The van der Waals surface area contributed by atoms with Crippen LogP contribution < -0.4 is 11.1 Å². The summed E-state index contributed by atoms with van der Waals surface area (Å²) in [6.45, 7) is 0.648. The van der Waals surface area contributed by atoms with Gasteiger partial charge in [0.15, 0.2) is 0 Å². The van der Waals surface area contributed by atoms with Crippen LogP contribution in [0.4, 0.5) is 5.69 Å². The minimum absolute atomic E-state index is 0.0747. The molecule has 2 amide bonds. The Morgan fingerprint density at radius 3 is 2.90 bits per heavy atom. The van der Waals surface area contributed by atoms with Crippen molar-refractivity contribution in [2.24, 2.45) is 0 Å². The second-order valence-corrected chi connectivity index (χ2v) is 5.63. The summed E-state index contributed by atoms with van der Waals surface area (Å²) in [6, 6.07) is -0.474.